The summed E-state index contributed by atoms with van der Waals surface area (Å²) < 4.78 is 1.22. The number of aromatic hydroxyl groups is 1. The van der Waals surface area contributed by atoms with Crippen LogP contribution in [0.25, 0.3) is 0 Å². The molecule has 0 unspecified atom stereocenters. The monoisotopic (exact) mass is 330 g/mol. The molecular formula is C19H26N2O3. The second-order valence-electron chi connectivity index (χ2n) is 8.19. The first-order valence-electron chi connectivity index (χ1n) is 8.08. The third-order valence-corrected chi connectivity index (χ3v) is 4.05. The van der Waals surface area contributed by atoms with Crippen LogP contribution in [0.3, 0.4) is 0 Å². The van der Waals surface area contributed by atoms with Crippen molar-refractivity contribution in [1.82, 2.24) is 9.55 Å². The first-order chi connectivity index (χ1) is 10.9. The van der Waals surface area contributed by atoms with Crippen LogP contribution in [0.5, 0.6) is 5.88 Å². The predicted molar refractivity (Wildman–Crippen MR) is 95.9 cm³/mol. The molecule has 0 fully saturated rings. The molecule has 1 aromatic carbocycles. The highest BCUT2D eigenvalue weighted by atomic mass is 16.3. The van der Waals surface area contributed by atoms with E-state index in [4.69, 9.17) is 0 Å². The highest BCUT2D eigenvalue weighted by molar-refractivity contribution is 5.34. The summed E-state index contributed by atoms with van der Waals surface area (Å²) in [6.07, 6.45) is 0.266. The van der Waals surface area contributed by atoms with Crippen LogP contribution in [0.15, 0.2) is 33.9 Å². The van der Waals surface area contributed by atoms with Gasteiger partial charge >= 0.3 is 5.69 Å². The number of nitrogens with zero attached hydrogens (tertiary/aromatic N) is 1. The molecule has 24 heavy (non-hydrogen) atoms. The van der Waals surface area contributed by atoms with Crippen LogP contribution < -0.4 is 11.2 Å². The van der Waals surface area contributed by atoms with Gasteiger partial charge in [0, 0.05) is 12.0 Å². The molecular weight excluding hydrogens is 304 g/mol. The zero-order valence-electron chi connectivity index (χ0n) is 15.2. The molecule has 0 saturated heterocycles. The Balaban J connectivity index is 2.47. The molecule has 130 valence electrons. The largest absolute Gasteiger partial charge is 0.494 e. The van der Waals surface area contributed by atoms with Crippen molar-refractivity contribution in [2.75, 3.05) is 0 Å². The summed E-state index contributed by atoms with van der Waals surface area (Å²) >= 11 is 0. The number of hydrogen-bond acceptors (Lipinski definition) is 3. The standard InChI is InChI=1S/C19H26N2O3/c1-18(2,3)13-9-7-12(8-10-13)11-14-15(22)20-17(24)21(16(14)23)19(4,5)6/h7-10,23H,11H2,1-6H3,(H,20,22,24). The van der Waals surface area contributed by atoms with Crippen molar-refractivity contribution < 1.29 is 5.11 Å². The Kier molecular flexibility index (Phi) is 4.48. The maximum absolute atomic E-state index is 12.1. The summed E-state index contributed by atoms with van der Waals surface area (Å²) in [6.45, 7) is 11.8. The third-order valence-electron chi connectivity index (χ3n) is 4.05. The van der Waals surface area contributed by atoms with Gasteiger partial charge in [0.05, 0.1) is 5.56 Å². The Hall–Kier alpha value is -2.30. The molecule has 1 heterocycles. The summed E-state index contributed by atoms with van der Waals surface area (Å²) in [5, 5.41) is 10.5. The van der Waals surface area contributed by atoms with E-state index in [2.05, 4.69) is 25.8 Å². The van der Waals surface area contributed by atoms with Crippen molar-refractivity contribution in [3.8, 4) is 5.88 Å². The van der Waals surface area contributed by atoms with Crippen LogP contribution in [0.1, 0.15) is 58.2 Å². The van der Waals surface area contributed by atoms with E-state index >= 15 is 0 Å². The van der Waals surface area contributed by atoms with E-state index in [9.17, 15) is 14.7 Å². The summed E-state index contributed by atoms with van der Waals surface area (Å²) in [5.41, 5.74) is 0.586. The van der Waals surface area contributed by atoms with E-state index in [0.717, 1.165) is 5.56 Å². The predicted octanol–water partition coefficient (Wildman–Crippen LogP) is 2.89. The highest BCUT2D eigenvalue weighted by Gasteiger charge is 2.23. The van der Waals surface area contributed by atoms with Crippen molar-refractivity contribution in [2.45, 2.75) is 58.9 Å². The number of aromatic amines is 1. The highest BCUT2D eigenvalue weighted by Crippen LogP contribution is 2.25. The Bertz CT molecular complexity index is 845. The van der Waals surface area contributed by atoms with Crippen LogP contribution in [0.2, 0.25) is 0 Å². The maximum Gasteiger partial charge on any atom is 0.331 e. The minimum Gasteiger partial charge on any atom is -0.494 e. The zero-order valence-corrected chi connectivity index (χ0v) is 15.2. The van der Waals surface area contributed by atoms with E-state index in [1.54, 1.807) is 20.8 Å². The molecule has 2 rings (SSSR count). The van der Waals surface area contributed by atoms with Crippen LogP contribution in [-0.4, -0.2) is 14.7 Å². The maximum atomic E-state index is 12.1. The average molecular weight is 330 g/mol. The first kappa shape index (κ1) is 18.0. The van der Waals surface area contributed by atoms with Gasteiger partial charge in [0.15, 0.2) is 0 Å². The Morgan fingerprint density at radius 2 is 1.54 bits per heavy atom. The average Bonchev–Trinajstić information content (AvgIpc) is 2.41. The second kappa shape index (κ2) is 5.96. The Morgan fingerprint density at radius 1 is 1.00 bits per heavy atom. The fraction of sp³-hybridized carbons (Fsp3) is 0.474. The van der Waals surface area contributed by atoms with Gasteiger partial charge in [-0.1, -0.05) is 45.0 Å². The second-order valence-corrected chi connectivity index (χ2v) is 8.19. The van der Waals surface area contributed by atoms with Gasteiger partial charge in [-0.15, -0.1) is 0 Å². The molecule has 0 spiro atoms. The lowest BCUT2D eigenvalue weighted by Crippen LogP contribution is -2.40. The molecule has 0 aliphatic heterocycles. The van der Waals surface area contributed by atoms with Crippen molar-refractivity contribution in [1.29, 1.82) is 0 Å². The minimum atomic E-state index is -0.629. The molecule has 2 aromatic rings. The molecule has 0 aliphatic rings. The van der Waals surface area contributed by atoms with Crippen molar-refractivity contribution in [3.05, 3.63) is 61.8 Å². The minimum absolute atomic E-state index is 0.0532. The SMILES string of the molecule is CC(C)(C)c1ccc(Cc2c(O)n(C(C)(C)C)c(=O)[nH]c2=O)cc1. The lowest BCUT2D eigenvalue weighted by molar-refractivity contribution is 0.302. The number of hydrogen-bond donors (Lipinski definition) is 2. The number of benzene rings is 1. The number of H-pyrrole nitrogens is 1. The van der Waals surface area contributed by atoms with Crippen LogP contribution in [-0.2, 0) is 17.4 Å². The Morgan fingerprint density at radius 3 is 2.00 bits per heavy atom. The molecule has 2 N–H and O–H groups in total. The van der Waals surface area contributed by atoms with Crippen LogP contribution in [0.4, 0.5) is 0 Å². The molecule has 0 bridgehead atoms. The fourth-order valence-corrected chi connectivity index (χ4v) is 2.67. The van der Waals surface area contributed by atoms with E-state index in [1.807, 2.05) is 24.3 Å². The lowest BCUT2D eigenvalue weighted by atomic mass is 9.86. The molecule has 0 amide bonds. The van der Waals surface area contributed by atoms with Gasteiger partial charge < -0.3 is 5.11 Å². The first-order valence-corrected chi connectivity index (χ1v) is 8.08. The van der Waals surface area contributed by atoms with Crippen LogP contribution >= 0.6 is 0 Å². The summed E-state index contributed by atoms with van der Waals surface area (Å²) in [7, 11) is 0. The Labute approximate surface area is 142 Å². The van der Waals surface area contributed by atoms with Gasteiger partial charge in [-0.05, 0) is 37.3 Å². The van der Waals surface area contributed by atoms with Gasteiger partial charge in [-0.2, -0.15) is 0 Å². The number of nitrogens with one attached hydrogen (secondary N) is 1. The topological polar surface area (TPSA) is 75.1 Å². The summed E-state index contributed by atoms with van der Waals surface area (Å²) in [5.74, 6) is -0.267. The fourth-order valence-electron chi connectivity index (χ4n) is 2.67. The van der Waals surface area contributed by atoms with E-state index in [1.165, 1.54) is 10.1 Å². The molecule has 0 radical (unpaired) electrons. The zero-order chi connectivity index (χ0) is 18.3. The quantitative estimate of drug-likeness (QED) is 0.889. The molecule has 5 nitrogen and oxygen atoms in total. The van der Waals surface area contributed by atoms with E-state index < -0.39 is 16.8 Å². The van der Waals surface area contributed by atoms with E-state index in [0.29, 0.717) is 0 Å². The normalized spacial score (nSPS) is 12.4. The van der Waals surface area contributed by atoms with Crippen molar-refractivity contribution in [3.63, 3.8) is 0 Å². The third kappa shape index (κ3) is 3.61. The molecule has 0 aliphatic carbocycles. The molecule has 0 saturated carbocycles. The van der Waals surface area contributed by atoms with Gasteiger partial charge in [-0.25, -0.2) is 4.79 Å². The number of rotatable bonds is 2. The van der Waals surface area contributed by atoms with E-state index in [-0.39, 0.29) is 23.3 Å². The van der Waals surface area contributed by atoms with Gasteiger partial charge in [0.1, 0.15) is 0 Å². The van der Waals surface area contributed by atoms with Gasteiger partial charge in [0.25, 0.3) is 5.56 Å². The number of aromatic nitrogens is 2. The lowest BCUT2D eigenvalue weighted by Gasteiger charge is -2.24. The van der Waals surface area contributed by atoms with Crippen LogP contribution in [0, 0.1) is 0 Å². The molecule has 0 atom stereocenters. The molecule has 5 heteroatoms. The smallest absolute Gasteiger partial charge is 0.331 e. The molecule has 1 aromatic heterocycles. The summed E-state index contributed by atoms with van der Waals surface area (Å²) in [4.78, 5) is 26.5. The van der Waals surface area contributed by atoms with Gasteiger partial charge in [0.2, 0.25) is 5.88 Å². The van der Waals surface area contributed by atoms with Crippen molar-refractivity contribution >= 4 is 0 Å². The van der Waals surface area contributed by atoms with Gasteiger partial charge in [-0.3, -0.25) is 14.3 Å². The summed E-state index contributed by atoms with van der Waals surface area (Å²) in [6, 6.07) is 7.96. The van der Waals surface area contributed by atoms with Crippen molar-refractivity contribution in [2.24, 2.45) is 0 Å².